The lowest BCUT2D eigenvalue weighted by Gasteiger charge is -2.35. The standard InChI is InChI=1S/C16H19NO3/c1-3-10-16(15(19)20-2)11-7-12-17(16)14(18)13-8-5-4-6-9-13/h3-6,8-9H,1,7,10-12H2,2H3/t16-/m0/s1. The molecule has 2 rings (SSSR count). The Morgan fingerprint density at radius 1 is 1.40 bits per heavy atom. The summed E-state index contributed by atoms with van der Waals surface area (Å²) in [6.45, 7) is 4.27. The third-order valence-electron chi connectivity index (χ3n) is 3.80. The van der Waals surface area contributed by atoms with Crippen LogP contribution < -0.4 is 0 Å². The van der Waals surface area contributed by atoms with Gasteiger partial charge in [0.05, 0.1) is 7.11 Å². The maximum absolute atomic E-state index is 12.6. The maximum Gasteiger partial charge on any atom is 0.332 e. The molecule has 0 N–H and O–H groups in total. The van der Waals surface area contributed by atoms with Crippen LogP contribution in [0.3, 0.4) is 0 Å². The molecule has 0 unspecified atom stereocenters. The van der Waals surface area contributed by atoms with Gasteiger partial charge in [-0.25, -0.2) is 4.79 Å². The third kappa shape index (κ3) is 2.33. The van der Waals surface area contributed by atoms with E-state index < -0.39 is 5.54 Å². The van der Waals surface area contributed by atoms with Gasteiger partial charge in [-0.2, -0.15) is 0 Å². The van der Waals surface area contributed by atoms with Gasteiger partial charge in [0.25, 0.3) is 5.91 Å². The number of hydrogen-bond acceptors (Lipinski definition) is 3. The Morgan fingerprint density at radius 2 is 2.10 bits per heavy atom. The summed E-state index contributed by atoms with van der Waals surface area (Å²) in [5, 5.41) is 0. The topological polar surface area (TPSA) is 46.6 Å². The molecule has 0 radical (unpaired) electrons. The highest BCUT2D eigenvalue weighted by atomic mass is 16.5. The molecule has 4 nitrogen and oxygen atoms in total. The zero-order valence-electron chi connectivity index (χ0n) is 11.7. The average molecular weight is 273 g/mol. The molecule has 20 heavy (non-hydrogen) atoms. The van der Waals surface area contributed by atoms with Crippen LogP contribution in [0.2, 0.25) is 0 Å². The number of hydrogen-bond donors (Lipinski definition) is 0. The zero-order chi connectivity index (χ0) is 14.6. The first kappa shape index (κ1) is 14.3. The monoisotopic (exact) mass is 273 g/mol. The summed E-state index contributed by atoms with van der Waals surface area (Å²) in [6.07, 6.45) is 3.50. The van der Waals surface area contributed by atoms with E-state index in [0.29, 0.717) is 24.9 Å². The fourth-order valence-corrected chi connectivity index (χ4v) is 2.85. The molecular weight excluding hydrogens is 254 g/mol. The molecule has 106 valence electrons. The molecule has 1 heterocycles. The summed E-state index contributed by atoms with van der Waals surface area (Å²) < 4.78 is 4.93. The van der Waals surface area contributed by atoms with Crippen LogP contribution in [0.4, 0.5) is 0 Å². The highest BCUT2D eigenvalue weighted by Crippen LogP contribution is 2.35. The van der Waals surface area contributed by atoms with Crippen LogP contribution in [0.15, 0.2) is 43.0 Å². The van der Waals surface area contributed by atoms with Crippen molar-refractivity contribution in [2.45, 2.75) is 24.8 Å². The first-order valence-corrected chi connectivity index (χ1v) is 6.72. The van der Waals surface area contributed by atoms with Crippen LogP contribution in [0.1, 0.15) is 29.6 Å². The fourth-order valence-electron chi connectivity index (χ4n) is 2.85. The summed E-state index contributed by atoms with van der Waals surface area (Å²) in [5.41, 5.74) is -0.310. The van der Waals surface area contributed by atoms with Gasteiger partial charge in [-0.05, 0) is 31.4 Å². The lowest BCUT2D eigenvalue weighted by Crippen LogP contribution is -2.53. The second-order valence-corrected chi connectivity index (χ2v) is 4.94. The molecule has 0 spiro atoms. The minimum Gasteiger partial charge on any atom is -0.467 e. The molecule has 1 atom stereocenters. The van der Waals surface area contributed by atoms with Gasteiger partial charge in [-0.3, -0.25) is 4.79 Å². The summed E-state index contributed by atoms with van der Waals surface area (Å²) in [7, 11) is 1.36. The highest BCUT2D eigenvalue weighted by molar-refractivity contribution is 5.98. The van der Waals surface area contributed by atoms with Gasteiger partial charge in [-0.1, -0.05) is 24.3 Å². The molecule has 1 fully saturated rings. The van der Waals surface area contributed by atoms with Crippen molar-refractivity contribution in [1.82, 2.24) is 4.90 Å². The van der Waals surface area contributed by atoms with Crippen molar-refractivity contribution in [1.29, 1.82) is 0 Å². The molecule has 1 amide bonds. The predicted molar refractivity (Wildman–Crippen MR) is 76.3 cm³/mol. The molecular formula is C16H19NO3. The van der Waals surface area contributed by atoms with E-state index in [2.05, 4.69) is 6.58 Å². The van der Waals surface area contributed by atoms with Gasteiger partial charge < -0.3 is 9.64 Å². The van der Waals surface area contributed by atoms with E-state index >= 15 is 0 Å². The number of carbonyl (C=O) groups excluding carboxylic acids is 2. The Hall–Kier alpha value is -2.10. The second kappa shape index (κ2) is 5.90. The second-order valence-electron chi connectivity index (χ2n) is 4.94. The van der Waals surface area contributed by atoms with Crippen molar-refractivity contribution in [3.05, 3.63) is 48.6 Å². The summed E-state index contributed by atoms with van der Waals surface area (Å²) in [4.78, 5) is 26.5. The van der Waals surface area contributed by atoms with Gasteiger partial charge in [0.1, 0.15) is 5.54 Å². The molecule has 4 heteroatoms. The van der Waals surface area contributed by atoms with Crippen molar-refractivity contribution in [3.8, 4) is 0 Å². The zero-order valence-corrected chi connectivity index (χ0v) is 11.7. The molecule has 1 aromatic carbocycles. The van der Waals surface area contributed by atoms with Crippen LogP contribution in [0.25, 0.3) is 0 Å². The van der Waals surface area contributed by atoms with Gasteiger partial charge in [0.2, 0.25) is 0 Å². The Balaban J connectivity index is 2.36. The SMILES string of the molecule is C=CC[C@@]1(C(=O)OC)CCCN1C(=O)c1ccccc1. The van der Waals surface area contributed by atoms with Crippen LogP contribution in [0, 0.1) is 0 Å². The quantitative estimate of drug-likeness (QED) is 0.625. The molecule has 1 saturated heterocycles. The van der Waals surface area contributed by atoms with E-state index in [4.69, 9.17) is 4.74 Å². The van der Waals surface area contributed by atoms with Gasteiger partial charge in [0, 0.05) is 12.1 Å². The maximum atomic E-state index is 12.6. The van der Waals surface area contributed by atoms with Gasteiger partial charge >= 0.3 is 5.97 Å². The normalized spacial score (nSPS) is 21.6. The minimum absolute atomic E-state index is 0.129. The Bertz CT molecular complexity index is 512. The van der Waals surface area contributed by atoms with Crippen molar-refractivity contribution < 1.29 is 14.3 Å². The van der Waals surface area contributed by atoms with Crippen molar-refractivity contribution in [3.63, 3.8) is 0 Å². The van der Waals surface area contributed by atoms with E-state index in [9.17, 15) is 9.59 Å². The smallest absolute Gasteiger partial charge is 0.332 e. The lowest BCUT2D eigenvalue weighted by molar-refractivity contribution is -0.152. The average Bonchev–Trinajstić information content (AvgIpc) is 2.91. The minimum atomic E-state index is -0.899. The van der Waals surface area contributed by atoms with Crippen LogP contribution >= 0.6 is 0 Å². The van der Waals surface area contributed by atoms with E-state index in [-0.39, 0.29) is 11.9 Å². The fraction of sp³-hybridized carbons (Fsp3) is 0.375. The first-order valence-electron chi connectivity index (χ1n) is 6.72. The number of carbonyl (C=O) groups is 2. The van der Waals surface area contributed by atoms with E-state index in [1.807, 2.05) is 18.2 Å². The van der Waals surface area contributed by atoms with Crippen LogP contribution in [0.5, 0.6) is 0 Å². The summed E-state index contributed by atoms with van der Waals surface area (Å²) in [5.74, 6) is -0.491. The lowest BCUT2D eigenvalue weighted by atomic mass is 9.91. The van der Waals surface area contributed by atoms with E-state index in [1.165, 1.54) is 7.11 Å². The number of likely N-dealkylation sites (tertiary alicyclic amines) is 1. The molecule has 1 aliphatic heterocycles. The van der Waals surface area contributed by atoms with Crippen molar-refractivity contribution in [2.75, 3.05) is 13.7 Å². The molecule has 1 aromatic rings. The molecule has 0 aliphatic carbocycles. The predicted octanol–water partition coefficient (Wildman–Crippen LogP) is 2.41. The number of ether oxygens (including phenoxy) is 1. The number of rotatable bonds is 4. The Kier molecular flexibility index (Phi) is 4.23. The first-order chi connectivity index (χ1) is 9.65. The Labute approximate surface area is 119 Å². The third-order valence-corrected chi connectivity index (χ3v) is 3.80. The van der Waals surface area contributed by atoms with E-state index in [1.54, 1.807) is 23.1 Å². The largest absolute Gasteiger partial charge is 0.467 e. The van der Waals surface area contributed by atoms with E-state index in [0.717, 1.165) is 6.42 Å². The molecule has 0 bridgehead atoms. The number of methoxy groups -OCH3 is 1. The highest BCUT2D eigenvalue weighted by Gasteiger charge is 2.49. The van der Waals surface area contributed by atoms with Crippen molar-refractivity contribution >= 4 is 11.9 Å². The molecule has 0 saturated carbocycles. The Morgan fingerprint density at radius 3 is 2.70 bits per heavy atom. The van der Waals surface area contributed by atoms with Crippen LogP contribution in [-0.4, -0.2) is 36.0 Å². The van der Waals surface area contributed by atoms with Gasteiger partial charge in [-0.15, -0.1) is 6.58 Å². The number of amides is 1. The van der Waals surface area contributed by atoms with Crippen molar-refractivity contribution in [2.24, 2.45) is 0 Å². The number of esters is 1. The van der Waals surface area contributed by atoms with Crippen LogP contribution in [-0.2, 0) is 9.53 Å². The van der Waals surface area contributed by atoms with Gasteiger partial charge in [0.15, 0.2) is 0 Å². The molecule has 1 aliphatic rings. The summed E-state index contributed by atoms with van der Waals surface area (Å²) >= 11 is 0. The summed E-state index contributed by atoms with van der Waals surface area (Å²) in [6, 6.07) is 9.01. The molecule has 0 aromatic heterocycles. The number of nitrogens with zero attached hydrogens (tertiary/aromatic N) is 1. The number of benzene rings is 1.